The molecule has 0 unspecified atom stereocenters. The third-order valence-corrected chi connectivity index (χ3v) is 7.15. The van der Waals surface area contributed by atoms with Crippen molar-refractivity contribution in [3.63, 3.8) is 0 Å². The van der Waals surface area contributed by atoms with Crippen molar-refractivity contribution in [2.24, 2.45) is 0 Å². The highest BCUT2D eigenvalue weighted by atomic mass is 16.5. The number of fused-ring (bicyclic) bond motifs is 1. The van der Waals surface area contributed by atoms with E-state index in [4.69, 9.17) is 14.2 Å². The smallest absolute Gasteiger partial charge is 0.337 e. The molecule has 0 spiro atoms. The van der Waals surface area contributed by atoms with E-state index in [-0.39, 0.29) is 17.9 Å². The molecule has 204 valence electrons. The highest BCUT2D eigenvalue weighted by Gasteiger charge is 2.46. The molecule has 4 aromatic rings. The minimum atomic E-state index is -0.867. The highest BCUT2D eigenvalue weighted by molar-refractivity contribution is 6.46. The quantitative estimate of drug-likeness (QED) is 0.145. The Morgan fingerprint density at radius 1 is 0.900 bits per heavy atom. The van der Waals surface area contributed by atoms with Gasteiger partial charge in [-0.05, 0) is 72.1 Å². The molecule has 40 heavy (non-hydrogen) atoms. The number of carbonyl (C=O) groups excluding carboxylic acids is 3. The van der Waals surface area contributed by atoms with E-state index < -0.39 is 23.7 Å². The second-order valence-electron chi connectivity index (χ2n) is 9.31. The summed E-state index contributed by atoms with van der Waals surface area (Å²) in [6.45, 7) is 0.206. The number of hydrogen-bond donors (Lipinski definition) is 2. The number of ketones is 1. The molecule has 1 aliphatic heterocycles. The number of nitrogens with one attached hydrogen (secondary N) is 1. The molecule has 1 saturated heterocycles. The number of aliphatic hydroxyl groups is 1. The number of methoxy groups -OCH3 is 3. The molecule has 5 rings (SSSR count). The number of aromatic nitrogens is 1. The minimum absolute atomic E-state index is 0.0263. The Labute approximate surface area is 230 Å². The zero-order valence-electron chi connectivity index (χ0n) is 22.3. The molecule has 2 heterocycles. The first-order valence-corrected chi connectivity index (χ1v) is 12.6. The Morgan fingerprint density at radius 2 is 1.55 bits per heavy atom. The lowest BCUT2D eigenvalue weighted by Crippen LogP contribution is -2.31. The lowest BCUT2D eigenvalue weighted by Gasteiger charge is -2.25. The first-order valence-electron chi connectivity index (χ1n) is 12.6. The number of likely N-dealkylation sites (tertiary alicyclic amines) is 1. The Balaban J connectivity index is 1.55. The molecule has 9 heteroatoms. The monoisotopic (exact) mass is 540 g/mol. The number of rotatable bonds is 8. The van der Waals surface area contributed by atoms with Crippen molar-refractivity contribution >= 4 is 34.3 Å². The SMILES string of the molecule is COC(=O)c1ccc([C@H]2C(=C(O)c3ccc(OC)cc3)C(=O)C(=O)N2CCc2c[nH]c3ccc(OC)cc23)cc1. The summed E-state index contributed by atoms with van der Waals surface area (Å²) in [4.78, 5) is 43.5. The molecule has 1 atom stereocenters. The topological polar surface area (TPSA) is 118 Å². The fourth-order valence-electron chi connectivity index (χ4n) is 5.01. The van der Waals surface area contributed by atoms with Gasteiger partial charge in [-0.1, -0.05) is 12.1 Å². The molecular weight excluding hydrogens is 512 g/mol. The maximum Gasteiger partial charge on any atom is 0.337 e. The average molecular weight is 541 g/mol. The number of ether oxygens (including phenoxy) is 3. The summed E-state index contributed by atoms with van der Waals surface area (Å²) in [7, 11) is 4.42. The van der Waals surface area contributed by atoms with Gasteiger partial charge in [0.15, 0.2) is 0 Å². The second kappa shape index (κ2) is 11.0. The van der Waals surface area contributed by atoms with Gasteiger partial charge in [0, 0.05) is 29.2 Å². The first-order chi connectivity index (χ1) is 19.4. The zero-order chi connectivity index (χ0) is 28.4. The lowest BCUT2D eigenvalue weighted by atomic mass is 9.94. The predicted molar refractivity (Wildman–Crippen MR) is 148 cm³/mol. The van der Waals surface area contributed by atoms with Crippen LogP contribution in [0.15, 0.2) is 78.5 Å². The van der Waals surface area contributed by atoms with Gasteiger partial charge in [-0.15, -0.1) is 0 Å². The van der Waals surface area contributed by atoms with Crippen LogP contribution in [0.1, 0.15) is 33.1 Å². The number of hydrogen-bond acceptors (Lipinski definition) is 7. The van der Waals surface area contributed by atoms with Crippen LogP contribution >= 0.6 is 0 Å². The van der Waals surface area contributed by atoms with E-state index in [1.54, 1.807) is 55.6 Å². The summed E-state index contributed by atoms with van der Waals surface area (Å²) in [5.74, 6) is -0.997. The summed E-state index contributed by atoms with van der Waals surface area (Å²) in [5, 5.41) is 12.3. The Kier molecular flexibility index (Phi) is 7.29. The number of carbonyl (C=O) groups is 3. The Hall–Kier alpha value is -5.05. The van der Waals surface area contributed by atoms with Gasteiger partial charge < -0.3 is 29.2 Å². The number of esters is 1. The van der Waals surface area contributed by atoms with Crippen LogP contribution in [0, 0.1) is 0 Å². The van der Waals surface area contributed by atoms with E-state index in [9.17, 15) is 19.5 Å². The van der Waals surface area contributed by atoms with Gasteiger partial charge in [-0.2, -0.15) is 0 Å². The van der Waals surface area contributed by atoms with Gasteiger partial charge in [-0.25, -0.2) is 4.79 Å². The Bertz CT molecular complexity index is 1620. The molecule has 1 aromatic heterocycles. The largest absolute Gasteiger partial charge is 0.507 e. The average Bonchev–Trinajstić information content (AvgIpc) is 3.52. The molecule has 0 saturated carbocycles. The number of aromatic amines is 1. The lowest BCUT2D eigenvalue weighted by molar-refractivity contribution is -0.139. The maximum atomic E-state index is 13.4. The summed E-state index contributed by atoms with van der Waals surface area (Å²) in [6, 6.07) is 17.9. The van der Waals surface area contributed by atoms with Crippen LogP contribution in [-0.4, -0.2) is 60.5 Å². The molecule has 0 bridgehead atoms. The molecule has 1 aliphatic rings. The van der Waals surface area contributed by atoms with Gasteiger partial charge in [0.1, 0.15) is 17.3 Å². The van der Waals surface area contributed by atoms with Crippen molar-refractivity contribution in [3.05, 3.63) is 101 Å². The van der Waals surface area contributed by atoms with Gasteiger partial charge in [0.05, 0.1) is 38.5 Å². The highest BCUT2D eigenvalue weighted by Crippen LogP contribution is 2.40. The van der Waals surface area contributed by atoms with E-state index in [0.717, 1.165) is 16.5 Å². The molecule has 0 aliphatic carbocycles. The number of H-pyrrole nitrogens is 1. The number of aliphatic hydroxyl groups excluding tert-OH is 1. The molecule has 9 nitrogen and oxygen atoms in total. The van der Waals surface area contributed by atoms with Crippen molar-refractivity contribution < 1.29 is 33.7 Å². The molecule has 0 radical (unpaired) electrons. The number of nitrogens with zero attached hydrogens (tertiary/aromatic N) is 1. The van der Waals surface area contributed by atoms with E-state index >= 15 is 0 Å². The number of amides is 1. The molecule has 1 amide bonds. The van der Waals surface area contributed by atoms with Crippen molar-refractivity contribution in [1.82, 2.24) is 9.88 Å². The van der Waals surface area contributed by atoms with Crippen molar-refractivity contribution in [2.75, 3.05) is 27.9 Å². The fraction of sp³-hybridized carbons (Fsp3) is 0.194. The van der Waals surface area contributed by atoms with Crippen molar-refractivity contribution in [3.8, 4) is 11.5 Å². The first kappa shape index (κ1) is 26.6. The van der Waals surface area contributed by atoms with Crippen molar-refractivity contribution in [2.45, 2.75) is 12.5 Å². The van der Waals surface area contributed by atoms with Crippen molar-refractivity contribution in [1.29, 1.82) is 0 Å². The van der Waals surface area contributed by atoms with E-state index in [2.05, 4.69) is 4.98 Å². The van der Waals surface area contributed by atoms with E-state index in [0.29, 0.717) is 34.6 Å². The van der Waals surface area contributed by atoms with Gasteiger partial charge in [0.2, 0.25) is 0 Å². The second-order valence-corrected chi connectivity index (χ2v) is 9.31. The van der Waals surface area contributed by atoms with Crippen LogP contribution in [0.25, 0.3) is 16.7 Å². The van der Waals surface area contributed by atoms with Crippen LogP contribution in [0.3, 0.4) is 0 Å². The van der Waals surface area contributed by atoms with Crippen LogP contribution in [0.2, 0.25) is 0 Å². The molecule has 3 aromatic carbocycles. The van der Waals surface area contributed by atoms with Gasteiger partial charge in [-0.3, -0.25) is 9.59 Å². The summed E-state index contributed by atoms with van der Waals surface area (Å²) in [6.07, 6.45) is 2.32. The fourth-order valence-corrected chi connectivity index (χ4v) is 5.01. The zero-order valence-corrected chi connectivity index (χ0v) is 22.3. The third kappa shape index (κ3) is 4.77. The number of benzene rings is 3. The van der Waals surface area contributed by atoms with Crippen LogP contribution in [0.4, 0.5) is 0 Å². The van der Waals surface area contributed by atoms with Crippen LogP contribution in [0.5, 0.6) is 11.5 Å². The maximum absolute atomic E-state index is 13.4. The predicted octanol–water partition coefficient (Wildman–Crippen LogP) is 4.64. The van der Waals surface area contributed by atoms with Crippen LogP contribution < -0.4 is 9.47 Å². The Morgan fingerprint density at radius 3 is 2.20 bits per heavy atom. The van der Waals surface area contributed by atoms with Gasteiger partial charge >= 0.3 is 5.97 Å². The summed E-state index contributed by atoms with van der Waals surface area (Å²) < 4.78 is 15.4. The molecule has 2 N–H and O–H groups in total. The van der Waals surface area contributed by atoms with E-state index in [1.165, 1.54) is 19.1 Å². The number of Topliss-reactive ketones (excluding diaryl/α,β-unsaturated/α-hetero) is 1. The van der Waals surface area contributed by atoms with E-state index in [1.807, 2.05) is 24.4 Å². The summed E-state index contributed by atoms with van der Waals surface area (Å²) >= 11 is 0. The standard InChI is InChI=1S/C31H28N2O7/c1-38-22-10-8-19(9-11-22)28(34)26-27(18-4-6-20(7-5-18)31(37)40-3)33(30(36)29(26)35)15-14-21-17-32-25-13-12-23(39-2)16-24(21)25/h4-13,16-17,27,32,34H,14-15H2,1-3H3/t27-/m0/s1. The van der Waals surface area contributed by atoms with Gasteiger partial charge in [0.25, 0.3) is 11.7 Å². The third-order valence-electron chi connectivity index (χ3n) is 7.15. The molecular formula is C31H28N2O7. The minimum Gasteiger partial charge on any atom is -0.507 e. The van der Waals surface area contributed by atoms with Crippen LogP contribution in [-0.2, 0) is 20.7 Å². The molecule has 1 fully saturated rings. The normalized spacial score (nSPS) is 16.4. The summed E-state index contributed by atoms with van der Waals surface area (Å²) in [5.41, 5.74) is 3.12.